The lowest BCUT2D eigenvalue weighted by Crippen LogP contribution is -2.29. The van der Waals surface area contributed by atoms with Gasteiger partial charge in [0.05, 0.1) is 12.0 Å². The first-order valence-corrected chi connectivity index (χ1v) is 16.2. The van der Waals surface area contributed by atoms with Crippen molar-refractivity contribution in [3.05, 3.63) is 69.9 Å². The van der Waals surface area contributed by atoms with E-state index in [0.29, 0.717) is 28.7 Å². The number of carbonyl (C=O) groups is 2. The van der Waals surface area contributed by atoms with E-state index in [4.69, 9.17) is 4.74 Å². The maximum absolute atomic E-state index is 12.7. The molecule has 0 saturated carbocycles. The molecule has 0 bridgehead atoms. The summed E-state index contributed by atoms with van der Waals surface area (Å²) in [6.07, 6.45) is 3.15. The van der Waals surface area contributed by atoms with Gasteiger partial charge in [0.1, 0.15) is 16.9 Å². The van der Waals surface area contributed by atoms with E-state index < -0.39 is 0 Å². The number of amides is 3. The van der Waals surface area contributed by atoms with E-state index in [9.17, 15) is 9.59 Å². The van der Waals surface area contributed by atoms with Gasteiger partial charge >= 0.3 is 6.03 Å². The van der Waals surface area contributed by atoms with Crippen LogP contribution in [0.15, 0.2) is 53.9 Å². The molecule has 0 aliphatic carbocycles. The van der Waals surface area contributed by atoms with Gasteiger partial charge < -0.3 is 26.0 Å². The molecule has 3 amide bonds. The Morgan fingerprint density at radius 1 is 1.02 bits per heavy atom. The van der Waals surface area contributed by atoms with Gasteiger partial charge in [-0.3, -0.25) is 10.1 Å². The molecule has 3 aromatic rings. The summed E-state index contributed by atoms with van der Waals surface area (Å²) in [5.74, 6) is 1.14. The average Bonchev–Trinajstić information content (AvgIpc) is 3.69. The zero-order valence-corrected chi connectivity index (χ0v) is 27.2. The van der Waals surface area contributed by atoms with Crippen LogP contribution in [0.3, 0.4) is 0 Å². The standard InChI is InChI=1S/C27H32N6O3S2.2C2H6/c1-4-5-6-13-29-26(35)33-27-32-23(28-2)22(38-27)25-31-21(16-37-25)17-9-7-11-19(14-17)30-24(34)18-10-8-12-20(15-18)36-3;2*1-2/h7-12,14-16,25,28,31H,4-6,13H2,1-3H3,(H,30,34)(H2,29,32,33,35);2*1-2H3. The minimum absolute atomic E-state index is 0.0665. The predicted octanol–water partition coefficient (Wildman–Crippen LogP) is 8.14. The molecule has 0 spiro atoms. The summed E-state index contributed by atoms with van der Waals surface area (Å²) in [4.78, 5) is 30.5. The highest BCUT2D eigenvalue weighted by Crippen LogP contribution is 2.44. The van der Waals surface area contributed by atoms with Crippen molar-refractivity contribution in [2.45, 2.75) is 59.3 Å². The Kier molecular flexibility index (Phi) is 15.3. The lowest BCUT2D eigenvalue weighted by atomic mass is 10.1. The minimum Gasteiger partial charge on any atom is -0.497 e. The summed E-state index contributed by atoms with van der Waals surface area (Å²) in [6.45, 7) is 10.8. The molecule has 1 atom stereocenters. The van der Waals surface area contributed by atoms with Crippen LogP contribution in [0.1, 0.15) is 80.1 Å². The van der Waals surface area contributed by atoms with E-state index in [1.165, 1.54) is 11.3 Å². The minimum atomic E-state index is -0.247. The normalized spacial score (nSPS) is 13.2. The van der Waals surface area contributed by atoms with Crippen molar-refractivity contribution in [1.29, 1.82) is 0 Å². The van der Waals surface area contributed by atoms with Crippen molar-refractivity contribution in [3.8, 4) is 5.75 Å². The van der Waals surface area contributed by atoms with E-state index in [-0.39, 0.29) is 17.3 Å². The van der Waals surface area contributed by atoms with Crippen molar-refractivity contribution >= 4 is 57.4 Å². The molecular formula is C31H44N6O3S2. The monoisotopic (exact) mass is 612 g/mol. The molecule has 2 heterocycles. The topological polar surface area (TPSA) is 116 Å². The van der Waals surface area contributed by atoms with Crippen LogP contribution in [0, 0.1) is 0 Å². The van der Waals surface area contributed by atoms with Crippen LogP contribution >= 0.6 is 23.1 Å². The fraction of sp³-hybridized carbons (Fsp3) is 0.387. The molecule has 228 valence electrons. The third-order valence-electron chi connectivity index (χ3n) is 5.79. The Morgan fingerprint density at radius 2 is 1.79 bits per heavy atom. The van der Waals surface area contributed by atoms with Gasteiger partial charge in [-0.25, -0.2) is 9.78 Å². The third kappa shape index (κ3) is 9.99. The van der Waals surface area contributed by atoms with Crippen molar-refractivity contribution in [2.24, 2.45) is 0 Å². The smallest absolute Gasteiger partial charge is 0.321 e. The average molecular weight is 613 g/mol. The molecule has 9 nitrogen and oxygen atoms in total. The quantitative estimate of drug-likeness (QED) is 0.139. The van der Waals surface area contributed by atoms with Crippen molar-refractivity contribution in [3.63, 3.8) is 0 Å². The number of unbranched alkanes of at least 4 members (excludes halogenated alkanes) is 2. The number of carbonyl (C=O) groups excluding carboxylic acids is 2. The van der Waals surface area contributed by atoms with E-state index in [1.54, 1.807) is 43.1 Å². The van der Waals surface area contributed by atoms with Crippen LogP contribution in [-0.2, 0) is 0 Å². The maximum atomic E-state index is 12.7. The zero-order chi connectivity index (χ0) is 30.9. The highest BCUT2D eigenvalue weighted by Gasteiger charge is 2.26. The number of methoxy groups -OCH3 is 1. The predicted molar refractivity (Wildman–Crippen MR) is 180 cm³/mol. The second-order valence-corrected chi connectivity index (χ2v) is 10.5. The molecule has 42 heavy (non-hydrogen) atoms. The van der Waals surface area contributed by atoms with Gasteiger partial charge in [0, 0.05) is 36.1 Å². The molecule has 1 aromatic heterocycles. The maximum Gasteiger partial charge on any atom is 0.321 e. The first-order chi connectivity index (χ1) is 20.5. The van der Waals surface area contributed by atoms with Gasteiger partial charge in [-0.15, -0.1) is 11.8 Å². The zero-order valence-electron chi connectivity index (χ0n) is 25.6. The van der Waals surface area contributed by atoms with Gasteiger partial charge in [0.25, 0.3) is 5.91 Å². The van der Waals surface area contributed by atoms with E-state index >= 15 is 0 Å². The van der Waals surface area contributed by atoms with E-state index in [2.05, 4.69) is 43.9 Å². The summed E-state index contributed by atoms with van der Waals surface area (Å²) in [7, 11) is 3.39. The van der Waals surface area contributed by atoms with Gasteiger partial charge in [0.15, 0.2) is 5.13 Å². The number of ether oxygens (including phenoxy) is 1. The molecular weight excluding hydrogens is 569 g/mol. The number of thiazole rings is 1. The number of hydrogen-bond donors (Lipinski definition) is 5. The van der Waals surface area contributed by atoms with Crippen molar-refractivity contribution in [2.75, 3.05) is 36.7 Å². The van der Waals surface area contributed by atoms with Gasteiger partial charge in [-0.05, 0) is 42.2 Å². The molecule has 1 aliphatic heterocycles. The number of anilines is 3. The number of benzene rings is 2. The van der Waals surface area contributed by atoms with Gasteiger partial charge in [-0.1, -0.05) is 77.0 Å². The summed E-state index contributed by atoms with van der Waals surface area (Å²) in [6, 6.07) is 14.5. The number of nitrogens with one attached hydrogen (secondary N) is 5. The summed E-state index contributed by atoms with van der Waals surface area (Å²) >= 11 is 3.06. The van der Waals surface area contributed by atoms with Crippen LogP contribution < -0.4 is 31.3 Å². The molecule has 0 radical (unpaired) electrons. The van der Waals surface area contributed by atoms with E-state index in [1.807, 2.05) is 59.0 Å². The molecule has 5 N–H and O–H groups in total. The lowest BCUT2D eigenvalue weighted by molar-refractivity contribution is 0.102. The number of nitrogens with zero attached hydrogens (tertiary/aromatic N) is 1. The number of thioether (sulfide) groups is 1. The van der Waals surface area contributed by atoms with Crippen molar-refractivity contribution in [1.82, 2.24) is 15.6 Å². The fourth-order valence-corrected chi connectivity index (χ4v) is 5.93. The summed E-state index contributed by atoms with van der Waals surface area (Å²) in [5, 5.41) is 17.9. The van der Waals surface area contributed by atoms with Crippen LogP contribution in [0.25, 0.3) is 5.70 Å². The number of aromatic nitrogens is 1. The Morgan fingerprint density at radius 3 is 2.50 bits per heavy atom. The Balaban J connectivity index is 0.00000148. The third-order valence-corrected chi connectivity index (χ3v) is 7.97. The van der Waals surface area contributed by atoms with Gasteiger partial charge in [0.2, 0.25) is 0 Å². The Labute approximate surface area is 258 Å². The largest absolute Gasteiger partial charge is 0.497 e. The van der Waals surface area contributed by atoms with Crippen LogP contribution in [0.5, 0.6) is 5.75 Å². The molecule has 0 fully saturated rings. The number of urea groups is 1. The fourth-order valence-electron chi connectivity index (χ4n) is 3.82. The highest BCUT2D eigenvalue weighted by molar-refractivity contribution is 8.02. The summed E-state index contributed by atoms with van der Waals surface area (Å²) in [5.41, 5.74) is 3.10. The summed E-state index contributed by atoms with van der Waals surface area (Å²) < 4.78 is 5.22. The van der Waals surface area contributed by atoms with Gasteiger partial charge in [-0.2, -0.15) is 0 Å². The molecule has 11 heteroatoms. The molecule has 2 aromatic carbocycles. The Bertz CT molecular complexity index is 1310. The lowest BCUT2D eigenvalue weighted by Gasteiger charge is -2.13. The first kappa shape index (κ1) is 34.5. The van der Waals surface area contributed by atoms with Crippen LogP contribution in [-0.4, -0.2) is 37.6 Å². The molecule has 1 unspecified atom stereocenters. The first-order valence-electron chi connectivity index (χ1n) is 14.4. The second kappa shape index (κ2) is 18.7. The Hall–Kier alpha value is -3.70. The number of rotatable bonds is 11. The van der Waals surface area contributed by atoms with E-state index in [0.717, 1.165) is 41.2 Å². The SMILES string of the molecule is CC.CC.CCCCCNC(=O)Nc1nc(NC)c(C2NC(c3cccc(NC(=O)c4cccc(OC)c4)c3)=CS2)s1. The molecule has 1 aliphatic rings. The van der Waals surface area contributed by atoms with Crippen LogP contribution in [0.2, 0.25) is 0 Å². The highest BCUT2D eigenvalue weighted by atomic mass is 32.2. The van der Waals surface area contributed by atoms with Crippen molar-refractivity contribution < 1.29 is 14.3 Å². The molecule has 4 rings (SSSR count). The van der Waals surface area contributed by atoms with Crippen LogP contribution in [0.4, 0.5) is 21.4 Å². The number of hydrogen-bond acceptors (Lipinski definition) is 8. The molecule has 0 saturated heterocycles. The second-order valence-electron chi connectivity index (χ2n) is 8.53.